The van der Waals surface area contributed by atoms with Gasteiger partial charge in [0.05, 0.1) is 25.4 Å². The first-order chi connectivity index (χ1) is 8.76. The second-order valence-electron chi connectivity index (χ2n) is 5.23. The van der Waals surface area contributed by atoms with Crippen molar-refractivity contribution in [3.8, 4) is 0 Å². The maximum absolute atomic E-state index is 12.2. The molecule has 0 aliphatic carbocycles. The van der Waals surface area contributed by atoms with Gasteiger partial charge in [-0.25, -0.2) is 0 Å². The molecule has 0 spiro atoms. The van der Waals surface area contributed by atoms with Crippen molar-refractivity contribution in [2.45, 2.75) is 32.2 Å². The third kappa shape index (κ3) is 7.71. The van der Waals surface area contributed by atoms with E-state index in [9.17, 15) is 18.3 Å². The largest absolute Gasteiger partial charge is 0.401 e. The fraction of sp³-hybridized carbons (Fsp3) is 1.00. The van der Waals surface area contributed by atoms with Gasteiger partial charge in [0.15, 0.2) is 0 Å². The van der Waals surface area contributed by atoms with Crippen LogP contribution in [-0.2, 0) is 4.74 Å². The lowest BCUT2D eigenvalue weighted by molar-refractivity contribution is -0.149. The topological polar surface area (TPSA) is 35.9 Å². The van der Waals surface area contributed by atoms with Crippen molar-refractivity contribution < 1.29 is 23.0 Å². The monoisotopic (exact) mass is 284 g/mol. The van der Waals surface area contributed by atoms with E-state index in [4.69, 9.17) is 4.74 Å². The molecule has 1 saturated heterocycles. The normalized spacial score (nSPS) is 21.0. The van der Waals surface area contributed by atoms with Crippen LogP contribution in [-0.4, -0.2) is 79.2 Å². The molecule has 4 nitrogen and oxygen atoms in total. The van der Waals surface area contributed by atoms with Gasteiger partial charge >= 0.3 is 6.18 Å². The molecule has 1 atom stereocenters. The summed E-state index contributed by atoms with van der Waals surface area (Å²) >= 11 is 0. The zero-order valence-electron chi connectivity index (χ0n) is 11.5. The minimum Gasteiger partial charge on any atom is -0.389 e. The van der Waals surface area contributed by atoms with Crippen molar-refractivity contribution >= 4 is 0 Å². The average Bonchev–Trinajstić information content (AvgIpc) is 2.27. The lowest BCUT2D eigenvalue weighted by Crippen LogP contribution is -2.51. The molecule has 0 saturated carbocycles. The molecular formula is C12H23F3N2O2. The van der Waals surface area contributed by atoms with Crippen molar-refractivity contribution in [2.75, 3.05) is 45.9 Å². The lowest BCUT2D eigenvalue weighted by atomic mass is 10.2. The van der Waals surface area contributed by atoms with Gasteiger partial charge in [0, 0.05) is 32.7 Å². The molecule has 0 aromatic carbocycles. The van der Waals surface area contributed by atoms with E-state index in [2.05, 4.69) is 0 Å². The molecule has 1 heterocycles. The summed E-state index contributed by atoms with van der Waals surface area (Å²) in [5, 5.41) is 9.74. The minimum atomic E-state index is -4.13. The lowest BCUT2D eigenvalue weighted by Gasteiger charge is -2.35. The molecule has 0 aromatic heterocycles. The Labute approximate surface area is 112 Å². The zero-order chi connectivity index (χ0) is 14.5. The SMILES string of the molecule is CC(C)OCC(O)CN1CCN(CC(F)(F)F)CC1. The van der Waals surface area contributed by atoms with Gasteiger partial charge in [-0.15, -0.1) is 0 Å². The summed E-state index contributed by atoms with van der Waals surface area (Å²) in [5.74, 6) is 0. The maximum atomic E-state index is 12.2. The standard InChI is InChI=1S/C12H23F3N2O2/c1-10(2)19-8-11(18)7-16-3-5-17(6-4-16)9-12(13,14)15/h10-11,18H,3-9H2,1-2H3. The number of aliphatic hydroxyl groups excluding tert-OH is 1. The summed E-state index contributed by atoms with van der Waals surface area (Å²) in [6.07, 6.45) is -4.65. The van der Waals surface area contributed by atoms with Gasteiger partial charge in [-0.3, -0.25) is 9.80 Å². The molecular weight excluding hydrogens is 261 g/mol. The van der Waals surface area contributed by atoms with Crippen LogP contribution in [0.25, 0.3) is 0 Å². The van der Waals surface area contributed by atoms with Crippen molar-refractivity contribution in [1.29, 1.82) is 0 Å². The van der Waals surface area contributed by atoms with E-state index in [1.165, 1.54) is 4.90 Å². The summed E-state index contributed by atoms with van der Waals surface area (Å²) in [7, 11) is 0. The number of alkyl halides is 3. The van der Waals surface area contributed by atoms with Crippen LogP contribution in [0.4, 0.5) is 13.2 Å². The Morgan fingerprint density at radius 2 is 1.63 bits per heavy atom. The van der Waals surface area contributed by atoms with E-state index in [1.54, 1.807) is 0 Å². The first-order valence-electron chi connectivity index (χ1n) is 6.57. The number of rotatable bonds is 6. The first-order valence-corrected chi connectivity index (χ1v) is 6.57. The van der Waals surface area contributed by atoms with Crippen LogP contribution < -0.4 is 0 Å². The smallest absolute Gasteiger partial charge is 0.389 e. The molecule has 7 heteroatoms. The number of halogens is 3. The van der Waals surface area contributed by atoms with E-state index in [0.29, 0.717) is 32.7 Å². The highest BCUT2D eigenvalue weighted by atomic mass is 19.4. The number of aliphatic hydroxyl groups is 1. The van der Waals surface area contributed by atoms with Gasteiger partial charge < -0.3 is 9.84 Å². The van der Waals surface area contributed by atoms with E-state index in [0.717, 1.165) is 0 Å². The molecule has 0 radical (unpaired) electrons. The predicted octanol–water partition coefficient (Wildman–Crippen LogP) is 0.952. The summed E-state index contributed by atoms with van der Waals surface area (Å²) < 4.78 is 41.9. The minimum absolute atomic E-state index is 0.0679. The average molecular weight is 284 g/mol. The first kappa shape index (κ1) is 16.7. The second-order valence-corrected chi connectivity index (χ2v) is 5.23. The Balaban J connectivity index is 2.19. The van der Waals surface area contributed by atoms with E-state index < -0.39 is 18.8 Å². The number of ether oxygens (including phenoxy) is 1. The molecule has 1 aliphatic rings. The molecule has 1 aliphatic heterocycles. The van der Waals surface area contributed by atoms with Crippen molar-refractivity contribution in [3.63, 3.8) is 0 Å². The number of β-amino-alcohol motifs (C(OH)–C–C–N with tert-alkyl or cyclic N) is 1. The van der Waals surface area contributed by atoms with Gasteiger partial charge in [0.1, 0.15) is 0 Å². The number of piperazine rings is 1. The molecule has 19 heavy (non-hydrogen) atoms. The van der Waals surface area contributed by atoms with Crippen LogP contribution in [0.5, 0.6) is 0 Å². The van der Waals surface area contributed by atoms with Gasteiger partial charge in [-0.1, -0.05) is 0 Å². The zero-order valence-corrected chi connectivity index (χ0v) is 11.5. The number of hydrogen-bond acceptors (Lipinski definition) is 4. The van der Waals surface area contributed by atoms with Gasteiger partial charge in [-0.2, -0.15) is 13.2 Å². The Kier molecular flexibility index (Phi) is 6.52. The molecule has 1 rings (SSSR count). The number of hydrogen-bond donors (Lipinski definition) is 1. The van der Waals surface area contributed by atoms with Crippen molar-refractivity contribution in [1.82, 2.24) is 9.80 Å². The number of nitrogens with zero attached hydrogens (tertiary/aromatic N) is 2. The van der Waals surface area contributed by atoms with Crippen molar-refractivity contribution in [3.05, 3.63) is 0 Å². The van der Waals surface area contributed by atoms with Crippen LogP contribution in [0.1, 0.15) is 13.8 Å². The van der Waals surface area contributed by atoms with Crippen molar-refractivity contribution in [2.24, 2.45) is 0 Å². The Bertz CT molecular complexity index is 254. The van der Waals surface area contributed by atoms with E-state index >= 15 is 0 Å². The molecule has 1 unspecified atom stereocenters. The molecule has 0 amide bonds. The second kappa shape index (κ2) is 7.42. The van der Waals surface area contributed by atoms with Gasteiger partial charge in [-0.05, 0) is 13.8 Å². The van der Waals surface area contributed by atoms with Gasteiger partial charge in [0.2, 0.25) is 0 Å². The molecule has 1 N–H and O–H groups in total. The fourth-order valence-corrected chi connectivity index (χ4v) is 2.04. The molecule has 1 fully saturated rings. The highest BCUT2D eigenvalue weighted by Crippen LogP contribution is 2.17. The predicted molar refractivity (Wildman–Crippen MR) is 66.0 cm³/mol. The van der Waals surface area contributed by atoms with E-state index in [-0.39, 0.29) is 12.7 Å². The van der Waals surface area contributed by atoms with Crippen LogP contribution >= 0.6 is 0 Å². The van der Waals surface area contributed by atoms with Crippen LogP contribution in [0.15, 0.2) is 0 Å². The quantitative estimate of drug-likeness (QED) is 0.788. The Hall–Kier alpha value is -0.370. The molecule has 0 aromatic rings. The van der Waals surface area contributed by atoms with Crippen LogP contribution in [0.3, 0.4) is 0 Å². The molecule has 0 bridgehead atoms. The fourth-order valence-electron chi connectivity index (χ4n) is 2.04. The highest BCUT2D eigenvalue weighted by molar-refractivity contribution is 4.75. The van der Waals surface area contributed by atoms with Gasteiger partial charge in [0.25, 0.3) is 0 Å². The van der Waals surface area contributed by atoms with Crippen LogP contribution in [0, 0.1) is 0 Å². The maximum Gasteiger partial charge on any atom is 0.401 e. The Morgan fingerprint density at radius 3 is 2.11 bits per heavy atom. The summed E-state index contributed by atoms with van der Waals surface area (Å²) in [4.78, 5) is 3.37. The third-order valence-corrected chi connectivity index (χ3v) is 2.96. The Morgan fingerprint density at radius 1 is 1.11 bits per heavy atom. The third-order valence-electron chi connectivity index (χ3n) is 2.96. The van der Waals surface area contributed by atoms with Crippen LogP contribution in [0.2, 0.25) is 0 Å². The summed E-state index contributed by atoms with van der Waals surface area (Å²) in [6, 6.07) is 0. The molecule has 114 valence electrons. The summed E-state index contributed by atoms with van der Waals surface area (Å²) in [6.45, 7) is 5.52. The summed E-state index contributed by atoms with van der Waals surface area (Å²) in [5.41, 5.74) is 0. The van der Waals surface area contributed by atoms with E-state index in [1.807, 2.05) is 18.7 Å². The highest BCUT2D eigenvalue weighted by Gasteiger charge is 2.32.